The second-order valence-electron chi connectivity index (χ2n) is 8.50. The van der Waals surface area contributed by atoms with Crippen molar-refractivity contribution in [3.05, 3.63) is 80.5 Å². The van der Waals surface area contributed by atoms with Crippen molar-refractivity contribution >= 4 is 50.6 Å². The van der Waals surface area contributed by atoms with Gasteiger partial charge < -0.3 is 14.8 Å². The summed E-state index contributed by atoms with van der Waals surface area (Å²) in [6.07, 6.45) is 0. The predicted octanol–water partition coefficient (Wildman–Crippen LogP) is 5.38. The molecule has 0 spiro atoms. The van der Waals surface area contributed by atoms with E-state index in [-0.39, 0.29) is 22.7 Å². The van der Waals surface area contributed by atoms with Crippen LogP contribution in [0.15, 0.2) is 58.7 Å². The molecular weight excluding hydrogens is 502 g/mol. The second-order valence-corrected chi connectivity index (χ2v) is 9.82. The van der Waals surface area contributed by atoms with E-state index in [4.69, 9.17) is 21.1 Å². The van der Waals surface area contributed by atoms with Crippen LogP contribution in [0.4, 0.5) is 5.00 Å². The number of benzene rings is 2. The van der Waals surface area contributed by atoms with Crippen molar-refractivity contribution in [2.24, 2.45) is 0 Å². The van der Waals surface area contributed by atoms with E-state index in [1.807, 2.05) is 13.0 Å². The summed E-state index contributed by atoms with van der Waals surface area (Å²) in [6.45, 7) is 6.95. The topological polar surface area (TPSA) is 99.5 Å². The highest BCUT2D eigenvalue weighted by molar-refractivity contribution is 7.16. The summed E-state index contributed by atoms with van der Waals surface area (Å²) >= 11 is 7.05. The fraction of sp³-hybridized carbons (Fsp3) is 0.231. The maximum Gasteiger partial charge on any atom is 0.359 e. The molecule has 4 rings (SSSR count). The lowest BCUT2D eigenvalue weighted by Crippen LogP contribution is -2.42. The Labute approximate surface area is 216 Å². The number of halogens is 1. The number of hydrogen-bond acceptors (Lipinski definition) is 7. The Bertz CT molecular complexity index is 1510. The van der Waals surface area contributed by atoms with E-state index < -0.39 is 23.0 Å². The molecule has 1 amide bonds. The third-order valence-electron chi connectivity index (χ3n) is 5.33. The first-order valence-electron chi connectivity index (χ1n) is 11.2. The highest BCUT2D eigenvalue weighted by Gasteiger charge is 2.32. The van der Waals surface area contributed by atoms with E-state index in [0.29, 0.717) is 21.8 Å². The first-order chi connectivity index (χ1) is 17.1. The molecule has 0 saturated heterocycles. The minimum atomic E-state index is -1.28. The minimum Gasteiger partial charge on any atom is -0.478 e. The Morgan fingerprint density at radius 2 is 1.89 bits per heavy atom. The number of esters is 1. The van der Waals surface area contributed by atoms with Gasteiger partial charge in [-0.3, -0.25) is 9.59 Å². The van der Waals surface area contributed by atoms with Crippen LogP contribution in [-0.2, 0) is 9.53 Å². The number of hydrogen-bond donors (Lipinski definition) is 1. The Morgan fingerprint density at radius 3 is 2.56 bits per heavy atom. The zero-order chi connectivity index (χ0) is 26.0. The van der Waals surface area contributed by atoms with Gasteiger partial charge in [-0.25, -0.2) is 4.79 Å². The molecule has 0 aliphatic rings. The smallest absolute Gasteiger partial charge is 0.359 e. The Balaban J connectivity index is 1.78. The van der Waals surface area contributed by atoms with E-state index in [9.17, 15) is 14.4 Å². The van der Waals surface area contributed by atoms with E-state index in [1.54, 1.807) is 68.6 Å². The summed E-state index contributed by atoms with van der Waals surface area (Å²) in [5, 5.41) is 10.0. The van der Waals surface area contributed by atoms with Gasteiger partial charge in [-0.1, -0.05) is 23.7 Å². The predicted molar refractivity (Wildman–Crippen MR) is 141 cm³/mol. The standard InChI is InChI=1S/C26H24ClN3O5S/c1-5-34-24(32)21-19-14-36-22(20(19)23(31)30(29-21)17-8-6-7-15(2)13-17)28-25(33)26(3,4)35-18-11-9-16(27)10-12-18/h6-14H,5H2,1-4H3,(H,28,33). The molecule has 0 fully saturated rings. The summed E-state index contributed by atoms with van der Waals surface area (Å²) in [6, 6.07) is 13.8. The molecule has 10 heteroatoms. The molecule has 186 valence electrons. The number of nitrogens with zero attached hydrogens (tertiary/aromatic N) is 2. The third-order valence-corrected chi connectivity index (χ3v) is 6.48. The van der Waals surface area contributed by atoms with Gasteiger partial charge in [0.05, 0.1) is 17.7 Å². The number of fused-ring (bicyclic) bond motifs is 1. The van der Waals surface area contributed by atoms with Crippen LogP contribution in [0.25, 0.3) is 16.5 Å². The second kappa shape index (κ2) is 10.1. The lowest BCUT2D eigenvalue weighted by molar-refractivity contribution is -0.128. The number of carbonyl (C=O) groups excluding carboxylic acids is 2. The Morgan fingerprint density at radius 1 is 1.17 bits per heavy atom. The first-order valence-corrected chi connectivity index (χ1v) is 12.4. The van der Waals surface area contributed by atoms with Crippen molar-refractivity contribution in [3.8, 4) is 11.4 Å². The van der Waals surface area contributed by atoms with Crippen molar-refractivity contribution in [3.63, 3.8) is 0 Å². The van der Waals surface area contributed by atoms with Crippen LogP contribution < -0.4 is 15.6 Å². The van der Waals surface area contributed by atoms with Crippen LogP contribution in [0.2, 0.25) is 5.02 Å². The lowest BCUT2D eigenvalue weighted by Gasteiger charge is -2.25. The fourth-order valence-corrected chi connectivity index (χ4v) is 4.58. The zero-order valence-electron chi connectivity index (χ0n) is 20.1. The minimum absolute atomic E-state index is 0.0126. The number of ether oxygens (including phenoxy) is 2. The molecule has 0 atom stereocenters. The van der Waals surface area contributed by atoms with Gasteiger partial charge in [0.25, 0.3) is 11.5 Å². The molecule has 2 aromatic heterocycles. The average molecular weight is 526 g/mol. The largest absolute Gasteiger partial charge is 0.478 e. The maximum atomic E-state index is 13.6. The summed E-state index contributed by atoms with van der Waals surface area (Å²) in [4.78, 5) is 39.5. The summed E-state index contributed by atoms with van der Waals surface area (Å²) in [5.41, 5.74) is -0.365. The number of carbonyl (C=O) groups is 2. The number of amides is 1. The van der Waals surface area contributed by atoms with E-state index in [0.717, 1.165) is 21.6 Å². The number of aryl methyl sites for hydroxylation is 1. The maximum absolute atomic E-state index is 13.6. The number of nitrogens with one attached hydrogen (secondary N) is 1. The van der Waals surface area contributed by atoms with Crippen molar-refractivity contribution < 1.29 is 19.1 Å². The van der Waals surface area contributed by atoms with Gasteiger partial charge in [-0.15, -0.1) is 11.3 Å². The van der Waals surface area contributed by atoms with Crippen molar-refractivity contribution in [1.82, 2.24) is 9.78 Å². The lowest BCUT2D eigenvalue weighted by atomic mass is 10.1. The summed E-state index contributed by atoms with van der Waals surface area (Å²) in [7, 11) is 0. The molecule has 0 unspecified atom stereocenters. The normalized spacial score (nSPS) is 11.4. The van der Waals surface area contributed by atoms with Crippen molar-refractivity contribution in [2.45, 2.75) is 33.3 Å². The summed E-state index contributed by atoms with van der Waals surface area (Å²) < 4.78 is 12.2. The Hall–Kier alpha value is -3.69. The van der Waals surface area contributed by atoms with Crippen LogP contribution in [0.3, 0.4) is 0 Å². The molecule has 8 nitrogen and oxygen atoms in total. The van der Waals surface area contributed by atoms with Crippen LogP contribution in [0.1, 0.15) is 36.8 Å². The summed E-state index contributed by atoms with van der Waals surface area (Å²) in [5.74, 6) is -0.672. The van der Waals surface area contributed by atoms with Gasteiger partial charge >= 0.3 is 5.97 Å². The third kappa shape index (κ3) is 5.12. The molecule has 1 N–H and O–H groups in total. The van der Waals surface area contributed by atoms with Crippen LogP contribution >= 0.6 is 22.9 Å². The number of rotatable bonds is 7. The number of aromatic nitrogens is 2. The highest BCUT2D eigenvalue weighted by atomic mass is 35.5. The molecule has 0 saturated carbocycles. The monoisotopic (exact) mass is 525 g/mol. The SMILES string of the molecule is CCOC(=O)c1nn(-c2cccc(C)c2)c(=O)c2c(NC(=O)C(C)(C)Oc3ccc(Cl)cc3)scc12. The van der Waals surface area contributed by atoms with E-state index in [1.165, 1.54) is 0 Å². The van der Waals surface area contributed by atoms with Crippen LogP contribution in [-0.4, -0.2) is 33.9 Å². The fourth-order valence-electron chi connectivity index (χ4n) is 3.52. The van der Waals surface area contributed by atoms with Crippen molar-refractivity contribution in [2.75, 3.05) is 11.9 Å². The molecule has 0 bridgehead atoms. The van der Waals surface area contributed by atoms with Crippen molar-refractivity contribution in [1.29, 1.82) is 0 Å². The first kappa shape index (κ1) is 25.4. The van der Waals surface area contributed by atoms with Crippen LogP contribution in [0.5, 0.6) is 5.75 Å². The molecule has 0 aliphatic carbocycles. The molecular formula is C26H24ClN3O5S. The number of anilines is 1. The van der Waals surface area contributed by atoms with Gasteiger partial charge in [0.15, 0.2) is 11.3 Å². The number of thiophene rings is 1. The molecule has 2 heterocycles. The molecule has 4 aromatic rings. The molecule has 36 heavy (non-hydrogen) atoms. The average Bonchev–Trinajstić information content (AvgIpc) is 3.25. The Kier molecular flexibility index (Phi) is 7.14. The molecule has 0 radical (unpaired) electrons. The molecule has 0 aliphatic heterocycles. The quantitative estimate of drug-likeness (QED) is 0.325. The van der Waals surface area contributed by atoms with Gasteiger partial charge in [-0.05, 0) is 69.7 Å². The zero-order valence-corrected chi connectivity index (χ0v) is 21.7. The molecule has 2 aromatic carbocycles. The van der Waals surface area contributed by atoms with Gasteiger partial charge in [0, 0.05) is 15.8 Å². The van der Waals surface area contributed by atoms with E-state index >= 15 is 0 Å². The highest BCUT2D eigenvalue weighted by Crippen LogP contribution is 2.32. The van der Waals surface area contributed by atoms with Gasteiger partial charge in [0.1, 0.15) is 10.8 Å². The van der Waals surface area contributed by atoms with Gasteiger partial charge in [-0.2, -0.15) is 9.78 Å². The van der Waals surface area contributed by atoms with Gasteiger partial charge in [0.2, 0.25) is 0 Å². The van der Waals surface area contributed by atoms with E-state index in [2.05, 4.69) is 10.4 Å². The van der Waals surface area contributed by atoms with Crippen LogP contribution in [0, 0.1) is 6.92 Å².